The molecule has 0 fully saturated rings. The van der Waals surface area contributed by atoms with E-state index in [1.807, 2.05) is 42.5 Å². The maximum Gasteiger partial charge on any atom is 0.175 e. The summed E-state index contributed by atoms with van der Waals surface area (Å²) < 4.78 is 0. The van der Waals surface area contributed by atoms with E-state index in [1.165, 1.54) is 0 Å². The van der Waals surface area contributed by atoms with Crippen LogP contribution in [0.25, 0.3) is 6.08 Å². The smallest absolute Gasteiger partial charge is 0.175 e. The van der Waals surface area contributed by atoms with Crippen molar-refractivity contribution in [3.8, 4) is 0 Å². The minimum Gasteiger partial charge on any atom is -0.293 e. The van der Waals surface area contributed by atoms with Crippen molar-refractivity contribution in [3.05, 3.63) is 65.3 Å². The predicted octanol–water partition coefficient (Wildman–Crippen LogP) is 2.57. The number of carbonyl (C=O) groups excluding carboxylic acids is 1. The van der Waals surface area contributed by atoms with Crippen LogP contribution in [-0.4, -0.2) is 18.0 Å². The fraction of sp³-hybridized carbons (Fsp3) is 0.125. The van der Waals surface area contributed by atoms with Gasteiger partial charge in [-0.15, -0.1) is 0 Å². The zero-order valence-corrected chi connectivity index (χ0v) is 9.76. The molecule has 86 valence electrons. The Kier molecular flexibility index (Phi) is 1.72. The first kappa shape index (κ1) is 9.77. The van der Waals surface area contributed by atoms with Crippen LogP contribution in [0.1, 0.15) is 11.1 Å². The lowest BCUT2D eigenvalue weighted by molar-refractivity contribution is -0.117. The van der Waals surface area contributed by atoms with Gasteiger partial charge in [0, 0.05) is 5.56 Å². The van der Waals surface area contributed by atoms with Crippen molar-refractivity contribution in [2.75, 3.05) is 6.54 Å². The molecule has 2 aliphatic carbocycles. The van der Waals surface area contributed by atoms with Crippen molar-refractivity contribution in [3.63, 3.8) is 0 Å². The lowest BCUT2D eigenvalue weighted by Crippen LogP contribution is -2.39. The molecule has 0 N–H and O–H groups in total. The van der Waals surface area contributed by atoms with Crippen molar-refractivity contribution in [2.24, 2.45) is 10.4 Å². The summed E-state index contributed by atoms with van der Waals surface area (Å²) in [5, 5.41) is 0. The molecular weight excluding hydrogens is 222 g/mol. The summed E-state index contributed by atoms with van der Waals surface area (Å²) in [7, 11) is 0. The predicted molar refractivity (Wildman–Crippen MR) is 71.5 cm³/mol. The first-order valence-electron chi connectivity index (χ1n) is 6.08. The van der Waals surface area contributed by atoms with Crippen LogP contribution in [0.15, 0.2) is 59.1 Å². The number of benzene rings is 1. The number of allylic oxidation sites excluding steroid dienone is 4. The molecule has 1 spiro atoms. The van der Waals surface area contributed by atoms with Gasteiger partial charge in [-0.25, -0.2) is 0 Å². The number of ketones is 1. The molecule has 1 aromatic carbocycles. The molecule has 0 aromatic heterocycles. The summed E-state index contributed by atoms with van der Waals surface area (Å²) in [6, 6.07) is 8.12. The van der Waals surface area contributed by atoms with Crippen molar-refractivity contribution in [1.29, 1.82) is 0 Å². The molecule has 1 aliphatic heterocycles. The SMILES string of the molecule is O=C1C=CC=C2CN=C3c4ccccc4C=CC123. The molecule has 4 rings (SSSR count). The average Bonchev–Trinajstić information content (AvgIpc) is 2.80. The van der Waals surface area contributed by atoms with Gasteiger partial charge in [-0.2, -0.15) is 0 Å². The highest BCUT2D eigenvalue weighted by molar-refractivity contribution is 6.28. The largest absolute Gasteiger partial charge is 0.293 e. The van der Waals surface area contributed by atoms with Gasteiger partial charge < -0.3 is 0 Å². The zero-order valence-electron chi connectivity index (χ0n) is 9.76. The van der Waals surface area contributed by atoms with Crippen molar-refractivity contribution < 1.29 is 4.79 Å². The van der Waals surface area contributed by atoms with Gasteiger partial charge in [0.15, 0.2) is 5.78 Å². The summed E-state index contributed by atoms with van der Waals surface area (Å²) >= 11 is 0. The third-order valence-electron chi connectivity index (χ3n) is 3.95. The lowest BCUT2D eigenvalue weighted by atomic mass is 9.67. The van der Waals surface area contributed by atoms with Gasteiger partial charge in [0.2, 0.25) is 0 Å². The van der Waals surface area contributed by atoms with Gasteiger partial charge in [-0.1, -0.05) is 48.6 Å². The Labute approximate surface area is 105 Å². The fourth-order valence-corrected chi connectivity index (χ4v) is 3.05. The molecule has 0 radical (unpaired) electrons. The van der Waals surface area contributed by atoms with E-state index in [9.17, 15) is 4.79 Å². The van der Waals surface area contributed by atoms with E-state index in [0.29, 0.717) is 6.54 Å². The first-order valence-corrected chi connectivity index (χ1v) is 6.08. The standard InChI is InChI=1S/C16H11NO/c18-14-7-3-5-12-10-17-15-13-6-2-1-4-11(13)8-9-16(12,14)15/h1-9H,10H2. The average molecular weight is 233 g/mol. The number of fused-ring (bicyclic) bond motifs is 2. The van der Waals surface area contributed by atoms with E-state index in [4.69, 9.17) is 0 Å². The molecule has 0 saturated heterocycles. The van der Waals surface area contributed by atoms with Crippen LogP contribution < -0.4 is 0 Å². The second kappa shape index (κ2) is 3.16. The van der Waals surface area contributed by atoms with Crippen LogP contribution in [0.2, 0.25) is 0 Å². The van der Waals surface area contributed by atoms with E-state index in [-0.39, 0.29) is 5.78 Å². The Morgan fingerprint density at radius 1 is 1.17 bits per heavy atom. The van der Waals surface area contributed by atoms with E-state index in [1.54, 1.807) is 6.08 Å². The Morgan fingerprint density at radius 2 is 2.06 bits per heavy atom. The maximum absolute atomic E-state index is 12.4. The molecule has 2 heteroatoms. The fourth-order valence-electron chi connectivity index (χ4n) is 3.05. The number of hydrogen-bond acceptors (Lipinski definition) is 2. The number of rotatable bonds is 0. The molecule has 18 heavy (non-hydrogen) atoms. The monoisotopic (exact) mass is 233 g/mol. The van der Waals surface area contributed by atoms with Crippen LogP contribution in [0, 0.1) is 5.41 Å². The molecule has 1 aromatic rings. The minimum absolute atomic E-state index is 0.127. The van der Waals surface area contributed by atoms with Gasteiger partial charge in [0.1, 0.15) is 5.41 Å². The highest BCUT2D eigenvalue weighted by atomic mass is 16.1. The van der Waals surface area contributed by atoms with Crippen LogP contribution in [0.4, 0.5) is 0 Å². The van der Waals surface area contributed by atoms with Crippen LogP contribution in [0.3, 0.4) is 0 Å². The molecule has 0 bridgehead atoms. The van der Waals surface area contributed by atoms with Gasteiger partial charge >= 0.3 is 0 Å². The second-order valence-electron chi connectivity index (χ2n) is 4.81. The Morgan fingerprint density at radius 3 is 3.00 bits per heavy atom. The van der Waals surface area contributed by atoms with E-state index < -0.39 is 5.41 Å². The van der Waals surface area contributed by atoms with Crippen molar-refractivity contribution in [1.82, 2.24) is 0 Å². The first-order chi connectivity index (χ1) is 8.82. The topological polar surface area (TPSA) is 29.4 Å². The summed E-state index contributed by atoms with van der Waals surface area (Å²) in [6.45, 7) is 0.629. The molecule has 1 heterocycles. The lowest BCUT2D eigenvalue weighted by Gasteiger charge is -2.32. The molecule has 1 atom stereocenters. The quantitative estimate of drug-likeness (QED) is 0.677. The zero-order chi connectivity index (χ0) is 12.2. The normalized spacial score (nSPS) is 27.2. The van der Waals surface area contributed by atoms with Crippen molar-refractivity contribution >= 4 is 17.6 Å². The molecule has 1 unspecified atom stereocenters. The van der Waals surface area contributed by atoms with Crippen LogP contribution in [-0.2, 0) is 4.79 Å². The van der Waals surface area contributed by atoms with Crippen molar-refractivity contribution in [2.45, 2.75) is 0 Å². The van der Waals surface area contributed by atoms with Gasteiger partial charge in [-0.3, -0.25) is 9.79 Å². The van der Waals surface area contributed by atoms with E-state index >= 15 is 0 Å². The van der Waals surface area contributed by atoms with Gasteiger partial charge in [0.05, 0.1) is 12.3 Å². The van der Waals surface area contributed by atoms with E-state index in [2.05, 4.69) is 11.1 Å². The van der Waals surface area contributed by atoms with Gasteiger partial charge in [-0.05, 0) is 17.2 Å². The summed E-state index contributed by atoms with van der Waals surface area (Å²) in [4.78, 5) is 17.0. The second-order valence-corrected chi connectivity index (χ2v) is 4.81. The van der Waals surface area contributed by atoms with Crippen LogP contribution >= 0.6 is 0 Å². The summed E-state index contributed by atoms with van der Waals surface area (Å²) in [5.41, 5.74) is 3.64. The minimum atomic E-state index is -0.608. The van der Waals surface area contributed by atoms with Gasteiger partial charge in [0.25, 0.3) is 0 Å². The number of hydrogen-bond donors (Lipinski definition) is 0. The summed E-state index contributed by atoms with van der Waals surface area (Å²) in [6.07, 6.45) is 9.57. The number of nitrogens with zero attached hydrogens (tertiary/aromatic N) is 1. The highest BCUT2D eigenvalue weighted by Gasteiger charge is 2.49. The highest BCUT2D eigenvalue weighted by Crippen LogP contribution is 2.45. The third kappa shape index (κ3) is 0.986. The summed E-state index contributed by atoms with van der Waals surface area (Å²) in [5.74, 6) is 0.127. The molecule has 3 aliphatic rings. The number of aliphatic imine (C=N–C) groups is 1. The molecule has 0 amide bonds. The Balaban J connectivity index is 2.03. The van der Waals surface area contributed by atoms with E-state index in [0.717, 1.165) is 22.4 Å². The Bertz CT molecular complexity index is 691. The number of carbonyl (C=O) groups is 1. The molecule has 2 nitrogen and oxygen atoms in total. The third-order valence-corrected chi connectivity index (χ3v) is 3.95. The maximum atomic E-state index is 12.4. The molecular formula is C16H11NO. The Hall–Kier alpha value is -2.22. The molecule has 0 saturated carbocycles. The van der Waals surface area contributed by atoms with Crippen LogP contribution in [0.5, 0.6) is 0 Å².